The van der Waals surface area contributed by atoms with Crippen molar-refractivity contribution in [2.24, 2.45) is 11.8 Å². The van der Waals surface area contributed by atoms with Crippen LogP contribution in [0.5, 0.6) is 0 Å². The number of aliphatic hydroxyl groups excluding tert-OH is 4. The summed E-state index contributed by atoms with van der Waals surface area (Å²) in [6.07, 6.45) is -7.58. The van der Waals surface area contributed by atoms with Gasteiger partial charge in [0.25, 0.3) is 0 Å². The molecular formula is C45H66Br2Cl2N4O11Si2. The van der Waals surface area contributed by atoms with Crippen LogP contribution in [0.3, 0.4) is 0 Å². The van der Waals surface area contributed by atoms with Crippen molar-refractivity contribution in [3.63, 3.8) is 0 Å². The number of aliphatic hydroxyl groups is 4. The molecule has 2 saturated carbocycles. The Morgan fingerprint density at radius 2 is 1.06 bits per heavy atom. The molecule has 7 fully saturated rings. The molecule has 2 aromatic rings. The van der Waals surface area contributed by atoms with Crippen molar-refractivity contribution in [1.29, 1.82) is 10.5 Å². The number of ether oxygens (including phenoxy) is 2. The van der Waals surface area contributed by atoms with E-state index in [0.717, 1.165) is 11.1 Å². The van der Waals surface area contributed by atoms with Crippen LogP contribution in [-0.2, 0) is 45.3 Å². The highest BCUT2D eigenvalue weighted by molar-refractivity contribution is 9.09. The number of nitrogens with one attached hydrogen (secondary N) is 2. The summed E-state index contributed by atoms with van der Waals surface area (Å²) >= 11 is 16.7. The van der Waals surface area contributed by atoms with Crippen LogP contribution >= 0.6 is 55.1 Å². The lowest BCUT2D eigenvalue weighted by molar-refractivity contribution is -0.173. The van der Waals surface area contributed by atoms with Gasteiger partial charge in [-0.25, -0.2) is 0 Å². The van der Waals surface area contributed by atoms with Crippen molar-refractivity contribution in [2.45, 2.75) is 174 Å². The molecule has 6 N–H and O–H groups in total. The lowest BCUT2D eigenvalue weighted by atomic mass is 9.68. The van der Waals surface area contributed by atoms with E-state index in [1.54, 1.807) is 0 Å². The fourth-order valence-corrected chi connectivity index (χ4v) is 23.6. The van der Waals surface area contributed by atoms with Crippen LogP contribution in [0, 0.1) is 34.5 Å². The van der Waals surface area contributed by atoms with Crippen LogP contribution in [-0.4, -0.2) is 113 Å². The van der Waals surface area contributed by atoms with Crippen molar-refractivity contribution in [1.82, 2.24) is 11.0 Å². The molecule has 2 aromatic carbocycles. The Bertz CT molecular complexity index is 1910. The van der Waals surface area contributed by atoms with Crippen LogP contribution in [0.2, 0.25) is 22.2 Å². The summed E-state index contributed by atoms with van der Waals surface area (Å²) in [5, 5.41) is 62.4. The van der Waals surface area contributed by atoms with Crippen LogP contribution in [0.25, 0.3) is 0 Å². The van der Waals surface area contributed by atoms with Gasteiger partial charge in [-0.15, -0.1) is 23.2 Å². The van der Waals surface area contributed by atoms with Gasteiger partial charge in [0.1, 0.15) is 30.5 Å². The zero-order chi connectivity index (χ0) is 48.8. The second kappa shape index (κ2) is 23.9. The molecule has 5 aliphatic heterocycles. The smallest absolute Gasteiger partial charge is 0.335 e. The standard InChI is InChI=1S/C28H45BrN2O6Si2.C16H19BrN2O5.CH2Cl2/c1-17(2)38(18(3)4)35-26-25-24(29)22(15-30)28(14-23(32)34-25,31-33-16-21-12-10-9-11-13-21)27(26)36-39(37-38,19(5)6)20(7)8;17-12-10(7-18)16(19-23-8-9-4-2-1-3-5-9)6-11(20)24-14(12)13(21)15(16)22;2-1-3/h9-13,17-20,22-27,31-32H,14,16H2,1-8H3;1-5,10-15,19-22H,6,8H2;1H2/t22-,23-,24?,25?,26-,27?,28-;10-,11-,12?,13-,14?,15?,16-;/m11./s1. The molecule has 0 spiro atoms. The molecule has 6 unspecified atom stereocenters. The number of alkyl halides is 4. The predicted octanol–water partition coefficient (Wildman–Crippen LogP) is 7.41. The molecule has 7 aliphatic rings. The second-order valence-corrected chi connectivity index (χ2v) is 30.5. The Morgan fingerprint density at radius 3 is 1.52 bits per heavy atom. The normalized spacial score (nSPS) is 36.5. The number of hydroxylamine groups is 2. The van der Waals surface area contributed by atoms with Gasteiger partial charge in [-0.3, -0.25) is 9.68 Å². The summed E-state index contributed by atoms with van der Waals surface area (Å²) in [5.41, 5.74) is 6.00. The fourth-order valence-electron chi connectivity index (χ4n) is 10.2. The van der Waals surface area contributed by atoms with Gasteiger partial charge in [-0.1, -0.05) is 148 Å². The Morgan fingerprint density at radius 1 is 0.667 bits per heavy atom. The summed E-state index contributed by atoms with van der Waals surface area (Å²) in [6.45, 7) is 17.9. The molecule has 21 heteroatoms. The maximum Gasteiger partial charge on any atom is 0.335 e. The third kappa shape index (κ3) is 11.2. The number of fused-ring (bicyclic) bond motifs is 7. The number of rotatable bonds is 12. The summed E-state index contributed by atoms with van der Waals surface area (Å²) < 4.78 is 33.6. The van der Waals surface area contributed by atoms with Crippen LogP contribution in [0.15, 0.2) is 60.7 Å². The zero-order valence-corrected chi connectivity index (χ0v) is 45.3. The monoisotopic (exact) mass is 1120 g/mol. The number of nitrogens with zero attached hydrogens (tertiary/aromatic N) is 2. The van der Waals surface area contributed by atoms with Crippen molar-refractivity contribution in [2.75, 3.05) is 5.34 Å². The molecule has 368 valence electrons. The van der Waals surface area contributed by atoms with Gasteiger partial charge in [0, 0.05) is 12.8 Å². The number of nitriles is 2. The molecule has 15 nitrogen and oxygen atoms in total. The molecule has 0 radical (unpaired) electrons. The number of hydrogen-bond acceptors (Lipinski definition) is 15. The Hall–Kier alpha value is -1.13. The molecule has 2 aliphatic carbocycles. The highest BCUT2D eigenvalue weighted by atomic mass is 79.9. The zero-order valence-electron chi connectivity index (χ0n) is 38.6. The van der Waals surface area contributed by atoms with Gasteiger partial charge < -0.3 is 42.9 Å². The SMILES string of the molecule is CC(C)[Si]1(C(C)C)OC2[C@H](O[Si](C(C)C)(C(C)C)O1)C1O[C@@H](O)C[C@@]2(NOCc2ccccc2)[C@H](C#N)C1Br.ClCCl.N#C[C@@H]1C(Br)C2O[C@@H](O)C[C@]1(NOCc1ccccc1)C(O)[C@@H]2O. The topological polar surface area (TPSA) is 217 Å². The van der Waals surface area contributed by atoms with Gasteiger partial charge in [0.15, 0.2) is 12.6 Å². The van der Waals surface area contributed by atoms with E-state index in [9.17, 15) is 30.9 Å². The summed E-state index contributed by atoms with van der Waals surface area (Å²) in [7, 11) is -5.89. The fraction of sp³-hybridized carbons (Fsp3) is 0.689. The first-order valence-corrected chi connectivity index (χ1v) is 29.2. The highest BCUT2D eigenvalue weighted by Gasteiger charge is 2.71. The van der Waals surface area contributed by atoms with Gasteiger partial charge in [0.2, 0.25) is 0 Å². The van der Waals surface area contributed by atoms with Crippen LogP contribution < -0.4 is 11.0 Å². The van der Waals surface area contributed by atoms with E-state index >= 15 is 0 Å². The molecule has 9 rings (SSSR count). The van der Waals surface area contributed by atoms with Crippen molar-refractivity contribution < 1.29 is 52.5 Å². The minimum atomic E-state index is -2.97. The molecule has 66 heavy (non-hydrogen) atoms. The average Bonchev–Trinajstić information content (AvgIpc) is 3.65. The average molecular weight is 1130 g/mol. The van der Waals surface area contributed by atoms with Crippen molar-refractivity contribution >= 4 is 72.2 Å². The van der Waals surface area contributed by atoms with E-state index < -0.39 is 98.9 Å². The van der Waals surface area contributed by atoms with Crippen molar-refractivity contribution in [3.05, 3.63) is 71.8 Å². The van der Waals surface area contributed by atoms with E-state index in [4.69, 9.17) is 55.3 Å². The minimum absolute atomic E-state index is 0.0865. The Kier molecular flexibility index (Phi) is 20.2. The van der Waals surface area contributed by atoms with E-state index in [2.05, 4.69) is 110 Å². The number of benzene rings is 2. The van der Waals surface area contributed by atoms with E-state index in [-0.39, 0.29) is 53.6 Å². The lowest BCUT2D eigenvalue weighted by Gasteiger charge is -2.53. The summed E-state index contributed by atoms with van der Waals surface area (Å²) in [4.78, 5) is 10.7. The Labute approximate surface area is 418 Å². The number of hydrogen-bond donors (Lipinski definition) is 6. The van der Waals surface area contributed by atoms with Gasteiger partial charge >= 0.3 is 17.1 Å². The maximum absolute atomic E-state index is 11.1. The van der Waals surface area contributed by atoms with Crippen LogP contribution in [0.4, 0.5) is 0 Å². The molecule has 5 saturated heterocycles. The Balaban J connectivity index is 0.000000257. The van der Waals surface area contributed by atoms with E-state index in [0.29, 0.717) is 0 Å². The first-order valence-electron chi connectivity index (χ1n) is 22.4. The second-order valence-electron chi connectivity index (χ2n) is 18.8. The third-order valence-corrected chi connectivity index (χ3v) is 25.8. The first kappa shape index (κ1) is 55.8. The first-order chi connectivity index (χ1) is 31.2. The van der Waals surface area contributed by atoms with E-state index in [1.807, 2.05) is 60.7 Å². The predicted molar refractivity (Wildman–Crippen MR) is 260 cm³/mol. The molecule has 0 amide bonds. The van der Waals surface area contributed by atoms with Gasteiger partial charge in [0.05, 0.1) is 69.4 Å². The van der Waals surface area contributed by atoms with Crippen LogP contribution in [0.1, 0.15) is 79.4 Å². The third-order valence-electron chi connectivity index (χ3n) is 13.5. The summed E-state index contributed by atoms with van der Waals surface area (Å²) in [6, 6.07) is 23.9. The molecular weight excluding hydrogens is 1060 g/mol. The number of halogens is 4. The van der Waals surface area contributed by atoms with Gasteiger partial charge in [-0.2, -0.15) is 21.5 Å². The molecule has 4 bridgehead atoms. The molecule has 5 heterocycles. The van der Waals surface area contributed by atoms with Gasteiger partial charge in [-0.05, 0) is 33.3 Å². The highest BCUT2D eigenvalue weighted by Crippen LogP contribution is 2.56. The summed E-state index contributed by atoms with van der Waals surface area (Å²) in [5.74, 6) is -1.40. The van der Waals surface area contributed by atoms with E-state index in [1.165, 1.54) is 0 Å². The quantitative estimate of drug-likeness (QED) is 0.0693. The molecule has 14 atom stereocenters. The lowest BCUT2D eigenvalue weighted by Crippen LogP contribution is -2.73. The minimum Gasteiger partial charge on any atom is -0.414 e. The van der Waals surface area contributed by atoms with Crippen molar-refractivity contribution in [3.8, 4) is 12.1 Å². The maximum atomic E-state index is 11.1. The molecule has 0 aromatic heterocycles. The largest absolute Gasteiger partial charge is 0.414 e.